The summed E-state index contributed by atoms with van der Waals surface area (Å²) in [5, 5.41) is 3.57. The first-order chi connectivity index (χ1) is 18.9. The van der Waals surface area contributed by atoms with Crippen LogP contribution in [-0.2, 0) is 20.5 Å². The van der Waals surface area contributed by atoms with Crippen LogP contribution in [0.3, 0.4) is 0 Å². The van der Waals surface area contributed by atoms with Crippen molar-refractivity contribution in [1.29, 1.82) is 0 Å². The maximum atomic E-state index is 13.3. The number of carbonyl (C=O) groups excluding carboxylic acids is 2. The Balaban J connectivity index is 1.30. The minimum Gasteiger partial charge on any atom is -0.444 e. The highest BCUT2D eigenvalue weighted by Crippen LogP contribution is 2.32. The van der Waals surface area contributed by atoms with Crippen LogP contribution in [0.1, 0.15) is 73.9 Å². The molecule has 2 amide bonds. The number of halogens is 1. The van der Waals surface area contributed by atoms with E-state index in [4.69, 9.17) is 16.3 Å². The fraction of sp³-hybridized carbons (Fsp3) is 0.533. The van der Waals surface area contributed by atoms with E-state index in [1.165, 1.54) is 0 Å². The molecule has 0 bridgehead atoms. The van der Waals surface area contributed by atoms with Crippen molar-refractivity contribution >= 4 is 33.6 Å². The minimum atomic E-state index is -3.38. The number of hydrogen-bond acceptors (Lipinski definition) is 5. The molecular weight excluding hydrogens is 550 g/mol. The van der Waals surface area contributed by atoms with Gasteiger partial charge in [-0.15, -0.1) is 0 Å². The molecule has 4 rings (SSSR count). The molecule has 0 spiro atoms. The molecule has 10 heteroatoms. The van der Waals surface area contributed by atoms with Crippen molar-refractivity contribution in [3.63, 3.8) is 0 Å². The third kappa shape index (κ3) is 8.21. The van der Waals surface area contributed by atoms with E-state index in [0.717, 1.165) is 24.0 Å². The molecule has 2 fully saturated rings. The summed E-state index contributed by atoms with van der Waals surface area (Å²) in [6.07, 6.45) is 2.55. The van der Waals surface area contributed by atoms with E-state index in [9.17, 15) is 18.0 Å². The van der Waals surface area contributed by atoms with Crippen LogP contribution < -0.4 is 5.32 Å². The van der Waals surface area contributed by atoms with Gasteiger partial charge in [-0.1, -0.05) is 48.0 Å². The second-order valence-corrected chi connectivity index (χ2v) is 14.2. The quantitative estimate of drug-likeness (QED) is 0.465. The average molecular weight is 590 g/mol. The van der Waals surface area contributed by atoms with E-state index in [1.807, 2.05) is 57.2 Å². The molecule has 0 atom stereocenters. The summed E-state index contributed by atoms with van der Waals surface area (Å²) in [6.45, 7) is 8.08. The van der Waals surface area contributed by atoms with Crippen LogP contribution in [0, 0.1) is 5.92 Å². The molecule has 0 unspecified atom stereocenters. The summed E-state index contributed by atoms with van der Waals surface area (Å²) >= 11 is 6.28. The summed E-state index contributed by atoms with van der Waals surface area (Å²) in [5.41, 5.74) is 1.74. The summed E-state index contributed by atoms with van der Waals surface area (Å²) in [6, 6.07) is 14.7. The van der Waals surface area contributed by atoms with E-state index in [-0.39, 0.29) is 29.6 Å². The van der Waals surface area contributed by atoms with E-state index in [1.54, 1.807) is 21.3 Å². The largest absolute Gasteiger partial charge is 0.444 e. The number of nitrogens with one attached hydrogen (secondary N) is 1. The molecule has 2 aliphatic rings. The zero-order valence-corrected chi connectivity index (χ0v) is 25.1. The lowest BCUT2D eigenvalue weighted by molar-refractivity contribution is 0.0204. The summed E-state index contributed by atoms with van der Waals surface area (Å²) < 4.78 is 32.8. The van der Waals surface area contributed by atoms with Gasteiger partial charge in [-0.05, 0) is 81.5 Å². The number of carbonyl (C=O) groups is 2. The van der Waals surface area contributed by atoms with Gasteiger partial charge in [-0.2, -0.15) is 0 Å². The lowest BCUT2D eigenvalue weighted by atomic mass is 9.86. The van der Waals surface area contributed by atoms with Gasteiger partial charge in [-0.3, -0.25) is 4.79 Å². The average Bonchev–Trinajstić information content (AvgIpc) is 2.91. The highest BCUT2D eigenvalue weighted by Gasteiger charge is 2.31. The molecule has 2 heterocycles. The summed E-state index contributed by atoms with van der Waals surface area (Å²) in [4.78, 5) is 27.5. The Labute approximate surface area is 243 Å². The Bertz CT molecular complexity index is 1280. The number of amides is 2. The first-order valence-corrected chi connectivity index (χ1v) is 16.0. The highest BCUT2D eigenvalue weighted by atomic mass is 35.5. The molecule has 2 saturated heterocycles. The van der Waals surface area contributed by atoms with Crippen LogP contribution in [-0.4, -0.2) is 67.9 Å². The Kier molecular flexibility index (Phi) is 9.80. The van der Waals surface area contributed by atoms with Crippen molar-refractivity contribution < 1.29 is 22.7 Å². The Morgan fingerprint density at radius 1 is 0.975 bits per heavy atom. The van der Waals surface area contributed by atoms with E-state index in [2.05, 4.69) is 5.32 Å². The lowest BCUT2D eigenvalue weighted by Gasteiger charge is -2.34. The minimum absolute atomic E-state index is 0.00346. The predicted molar refractivity (Wildman–Crippen MR) is 157 cm³/mol. The monoisotopic (exact) mass is 589 g/mol. The zero-order valence-electron chi connectivity index (χ0n) is 23.6. The number of hydrogen-bond donors (Lipinski definition) is 1. The highest BCUT2D eigenvalue weighted by molar-refractivity contribution is 7.88. The van der Waals surface area contributed by atoms with Crippen molar-refractivity contribution in [3.8, 4) is 0 Å². The van der Waals surface area contributed by atoms with Gasteiger partial charge in [0.05, 0.1) is 5.75 Å². The Hall–Kier alpha value is -2.62. The molecule has 40 heavy (non-hydrogen) atoms. The molecule has 218 valence electrons. The van der Waals surface area contributed by atoms with Crippen molar-refractivity contribution in [2.45, 2.75) is 63.7 Å². The van der Waals surface area contributed by atoms with E-state index >= 15 is 0 Å². The molecule has 2 aromatic rings. The topological polar surface area (TPSA) is 96.0 Å². The molecule has 8 nitrogen and oxygen atoms in total. The Morgan fingerprint density at radius 3 is 2.25 bits per heavy atom. The van der Waals surface area contributed by atoms with Gasteiger partial charge in [-0.25, -0.2) is 17.5 Å². The number of nitrogens with zero attached hydrogens (tertiary/aromatic N) is 2. The Morgan fingerprint density at radius 2 is 1.62 bits per heavy atom. The van der Waals surface area contributed by atoms with Crippen LogP contribution >= 0.6 is 11.6 Å². The van der Waals surface area contributed by atoms with Gasteiger partial charge in [0.2, 0.25) is 10.0 Å². The SMILES string of the molecule is CC(C)(C)OC(=O)N1CCC(c2ccc(Cl)cc2C(=O)NCC2CCN(S(=O)(=O)Cc3ccccc3)CC2)CC1. The number of benzene rings is 2. The second kappa shape index (κ2) is 12.9. The van der Waals surface area contributed by atoms with Crippen molar-refractivity contribution in [3.05, 3.63) is 70.2 Å². The van der Waals surface area contributed by atoms with Gasteiger partial charge in [0, 0.05) is 43.3 Å². The van der Waals surface area contributed by atoms with Crippen LogP contribution in [0.25, 0.3) is 0 Å². The third-order valence-electron chi connectivity index (χ3n) is 7.56. The molecule has 1 N–H and O–H groups in total. The van der Waals surface area contributed by atoms with E-state index in [0.29, 0.717) is 56.2 Å². The maximum absolute atomic E-state index is 13.3. The standard InChI is InChI=1S/C30H40ClN3O5S/c1-30(2,3)39-29(36)33-15-13-24(14-16-33)26-10-9-25(31)19-27(26)28(35)32-20-22-11-17-34(18-12-22)40(37,38)21-23-7-5-4-6-8-23/h4-10,19,22,24H,11-18,20-21H2,1-3H3,(H,32,35). The molecule has 2 aliphatic heterocycles. The number of ether oxygens (including phenoxy) is 1. The van der Waals surface area contributed by atoms with Gasteiger partial charge >= 0.3 is 6.09 Å². The maximum Gasteiger partial charge on any atom is 0.410 e. The molecule has 0 aromatic heterocycles. The first-order valence-electron chi connectivity index (χ1n) is 14.0. The first kappa shape index (κ1) is 30.3. The zero-order chi connectivity index (χ0) is 28.9. The van der Waals surface area contributed by atoms with Gasteiger partial charge in [0.1, 0.15) is 5.60 Å². The van der Waals surface area contributed by atoms with Crippen molar-refractivity contribution in [1.82, 2.24) is 14.5 Å². The molecule has 0 radical (unpaired) electrons. The molecule has 0 saturated carbocycles. The second-order valence-electron chi connectivity index (χ2n) is 11.8. The summed E-state index contributed by atoms with van der Waals surface area (Å²) in [5.74, 6) is 0.163. The number of piperidine rings is 2. The number of rotatable bonds is 7. The molecule has 0 aliphatic carbocycles. The molecular formula is C30H40ClN3O5S. The fourth-order valence-electron chi connectivity index (χ4n) is 5.38. The van der Waals surface area contributed by atoms with Crippen LogP contribution in [0.4, 0.5) is 4.79 Å². The molecule has 2 aromatic carbocycles. The van der Waals surface area contributed by atoms with E-state index < -0.39 is 15.6 Å². The lowest BCUT2D eigenvalue weighted by Crippen LogP contribution is -2.42. The van der Waals surface area contributed by atoms with Gasteiger partial charge < -0.3 is 15.0 Å². The van der Waals surface area contributed by atoms with Crippen molar-refractivity contribution in [2.75, 3.05) is 32.7 Å². The number of sulfonamides is 1. The normalized spacial score (nSPS) is 17.9. The smallest absolute Gasteiger partial charge is 0.410 e. The van der Waals surface area contributed by atoms with Crippen LogP contribution in [0.2, 0.25) is 5.02 Å². The van der Waals surface area contributed by atoms with Crippen LogP contribution in [0.5, 0.6) is 0 Å². The van der Waals surface area contributed by atoms with Crippen molar-refractivity contribution in [2.24, 2.45) is 5.92 Å². The van der Waals surface area contributed by atoms with Gasteiger partial charge in [0.15, 0.2) is 0 Å². The summed E-state index contributed by atoms with van der Waals surface area (Å²) in [7, 11) is -3.38. The third-order valence-corrected chi connectivity index (χ3v) is 9.64. The van der Waals surface area contributed by atoms with Gasteiger partial charge in [0.25, 0.3) is 5.91 Å². The fourth-order valence-corrected chi connectivity index (χ4v) is 7.12. The van der Waals surface area contributed by atoms with Crippen LogP contribution in [0.15, 0.2) is 48.5 Å². The predicted octanol–water partition coefficient (Wildman–Crippen LogP) is 5.43. The number of likely N-dealkylation sites (tertiary alicyclic amines) is 1.